The van der Waals surface area contributed by atoms with Crippen LogP contribution in [0, 0.1) is 0 Å². The van der Waals surface area contributed by atoms with Gasteiger partial charge in [0.15, 0.2) is 0 Å². The maximum absolute atomic E-state index is 11.4. The van der Waals surface area contributed by atoms with Gasteiger partial charge in [-0.25, -0.2) is 0 Å². The summed E-state index contributed by atoms with van der Waals surface area (Å²) in [6, 6.07) is 0. The van der Waals surface area contributed by atoms with Crippen molar-refractivity contribution in [3.8, 4) is 0 Å². The van der Waals surface area contributed by atoms with E-state index in [1.165, 1.54) is 0 Å². The van der Waals surface area contributed by atoms with Crippen LogP contribution in [0.5, 0.6) is 0 Å². The van der Waals surface area contributed by atoms with Gasteiger partial charge in [0.2, 0.25) is 5.91 Å². The molecule has 0 radical (unpaired) electrons. The molecule has 0 heterocycles. The summed E-state index contributed by atoms with van der Waals surface area (Å²) < 4.78 is 0. The van der Waals surface area contributed by atoms with Crippen molar-refractivity contribution in [2.24, 2.45) is 0 Å². The number of hydrogen-bond donors (Lipinski definition) is 2. The summed E-state index contributed by atoms with van der Waals surface area (Å²) in [6.45, 7) is 7.07. The minimum absolute atomic E-state index is 0.0544. The maximum Gasteiger partial charge on any atom is 0.219 e. The summed E-state index contributed by atoms with van der Waals surface area (Å²) >= 11 is 0. The zero-order chi connectivity index (χ0) is 11.2. The van der Waals surface area contributed by atoms with Crippen LogP contribution < -0.4 is 5.32 Å². The van der Waals surface area contributed by atoms with Crippen LogP contribution in [0.25, 0.3) is 0 Å². The van der Waals surface area contributed by atoms with Crippen molar-refractivity contribution < 1.29 is 9.90 Å². The van der Waals surface area contributed by atoms with Crippen LogP contribution in [0.2, 0.25) is 0 Å². The lowest BCUT2D eigenvalue weighted by molar-refractivity contribution is -0.134. The van der Waals surface area contributed by atoms with Crippen molar-refractivity contribution in [3.63, 3.8) is 0 Å². The van der Waals surface area contributed by atoms with E-state index < -0.39 is 0 Å². The third-order valence-corrected chi connectivity index (χ3v) is 2.42. The number of nitrogens with one attached hydrogen (secondary N) is 1. The second kappa shape index (κ2) is 5.98. The normalized spacial score (nSPS) is 11.5. The van der Waals surface area contributed by atoms with E-state index >= 15 is 0 Å². The fraction of sp³-hybridized carbons (Fsp3) is 0.900. The van der Waals surface area contributed by atoms with Crippen molar-refractivity contribution in [2.45, 2.75) is 32.7 Å². The Labute approximate surface area is 86.3 Å². The lowest BCUT2D eigenvalue weighted by atomic mass is 9.98. The number of aliphatic hydroxyl groups excluding tert-OH is 1. The average molecular weight is 202 g/mol. The molecular formula is C10H22N2O2. The van der Waals surface area contributed by atoms with Gasteiger partial charge >= 0.3 is 0 Å². The number of carbonyl (C=O) groups excluding carboxylic acids is 1. The van der Waals surface area contributed by atoms with Gasteiger partial charge in [-0.05, 0) is 27.3 Å². The van der Waals surface area contributed by atoms with Crippen molar-refractivity contribution in [1.82, 2.24) is 10.2 Å². The Hall–Kier alpha value is -0.610. The van der Waals surface area contributed by atoms with Gasteiger partial charge in [-0.2, -0.15) is 0 Å². The van der Waals surface area contributed by atoms with E-state index in [1.54, 1.807) is 11.8 Å². The Morgan fingerprint density at radius 3 is 2.43 bits per heavy atom. The predicted octanol–water partition coefficient (Wildman–Crippen LogP) is 0.215. The highest BCUT2D eigenvalue weighted by Crippen LogP contribution is 2.18. The highest BCUT2D eigenvalue weighted by molar-refractivity contribution is 5.74. The van der Waals surface area contributed by atoms with Crippen molar-refractivity contribution in [2.75, 3.05) is 26.7 Å². The molecule has 2 N–H and O–H groups in total. The molecule has 0 aromatic heterocycles. The summed E-state index contributed by atoms with van der Waals surface area (Å²) in [7, 11) is 1.86. The lowest BCUT2D eigenvalue weighted by Crippen LogP contribution is -2.49. The summed E-state index contributed by atoms with van der Waals surface area (Å²) in [5, 5.41) is 11.9. The minimum Gasteiger partial charge on any atom is -0.396 e. The molecular weight excluding hydrogens is 180 g/mol. The van der Waals surface area contributed by atoms with Gasteiger partial charge in [0.05, 0.1) is 0 Å². The Morgan fingerprint density at radius 2 is 2.07 bits per heavy atom. The van der Waals surface area contributed by atoms with Gasteiger partial charge in [0.1, 0.15) is 0 Å². The Balaban J connectivity index is 4.38. The van der Waals surface area contributed by atoms with Crippen LogP contribution in [-0.4, -0.2) is 48.2 Å². The topological polar surface area (TPSA) is 52.6 Å². The number of carbonyl (C=O) groups is 1. The third kappa shape index (κ3) is 4.07. The molecule has 0 fully saturated rings. The standard InChI is InChI=1S/C10H22N2O2/c1-9(14)12(7-6-11-4)10(2,3)5-8-13/h11,13H,5-8H2,1-4H3. The van der Waals surface area contributed by atoms with Gasteiger partial charge < -0.3 is 15.3 Å². The van der Waals surface area contributed by atoms with Crippen molar-refractivity contribution >= 4 is 5.91 Å². The van der Waals surface area contributed by atoms with Crippen LogP contribution in [0.3, 0.4) is 0 Å². The Morgan fingerprint density at radius 1 is 1.50 bits per heavy atom. The van der Waals surface area contributed by atoms with Gasteiger partial charge in [-0.15, -0.1) is 0 Å². The monoisotopic (exact) mass is 202 g/mol. The quantitative estimate of drug-likeness (QED) is 0.647. The number of hydrogen-bond acceptors (Lipinski definition) is 3. The fourth-order valence-electron chi connectivity index (χ4n) is 1.52. The van der Waals surface area contributed by atoms with Gasteiger partial charge in [0, 0.05) is 32.2 Å². The molecule has 0 saturated heterocycles. The SMILES string of the molecule is CNCCN(C(C)=O)C(C)(C)CCO. The number of rotatable bonds is 6. The largest absolute Gasteiger partial charge is 0.396 e. The smallest absolute Gasteiger partial charge is 0.219 e. The zero-order valence-electron chi connectivity index (χ0n) is 9.63. The van der Waals surface area contributed by atoms with E-state index in [0.717, 1.165) is 6.54 Å². The van der Waals surface area contributed by atoms with Crippen LogP contribution in [0.4, 0.5) is 0 Å². The lowest BCUT2D eigenvalue weighted by Gasteiger charge is -2.37. The van der Waals surface area contributed by atoms with E-state index in [4.69, 9.17) is 5.11 Å². The molecule has 0 aromatic carbocycles. The molecule has 14 heavy (non-hydrogen) atoms. The number of likely N-dealkylation sites (N-methyl/N-ethyl adjacent to an activating group) is 1. The van der Waals surface area contributed by atoms with E-state index in [-0.39, 0.29) is 18.1 Å². The van der Waals surface area contributed by atoms with Crippen LogP contribution in [-0.2, 0) is 4.79 Å². The molecule has 0 saturated carbocycles. The minimum atomic E-state index is -0.266. The number of aliphatic hydroxyl groups is 1. The van der Waals surface area contributed by atoms with Crippen molar-refractivity contribution in [1.29, 1.82) is 0 Å². The van der Waals surface area contributed by atoms with E-state index in [2.05, 4.69) is 5.32 Å². The van der Waals surface area contributed by atoms with E-state index in [1.807, 2.05) is 20.9 Å². The molecule has 0 spiro atoms. The summed E-state index contributed by atoms with van der Waals surface area (Å²) in [5.74, 6) is 0.0544. The first-order valence-corrected chi connectivity index (χ1v) is 4.99. The Kier molecular flexibility index (Phi) is 5.72. The molecule has 1 amide bonds. The third-order valence-electron chi connectivity index (χ3n) is 2.42. The first-order valence-electron chi connectivity index (χ1n) is 4.99. The van der Waals surface area contributed by atoms with E-state index in [0.29, 0.717) is 13.0 Å². The summed E-state index contributed by atoms with van der Waals surface area (Å²) in [4.78, 5) is 13.2. The molecule has 0 aliphatic carbocycles. The second-order valence-corrected chi connectivity index (χ2v) is 4.06. The van der Waals surface area contributed by atoms with Crippen molar-refractivity contribution in [3.05, 3.63) is 0 Å². The molecule has 0 rings (SSSR count). The Bertz CT molecular complexity index is 181. The molecule has 4 nitrogen and oxygen atoms in total. The zero-order valence-corrected chi connectivity index (χ0v) is 9.63. The molecule has 0 atom stereocenters. The highest BCUT2D eigenvalue weighted by Gasteiger charge is 2.27. The molecule has 84 valence electrons. The molecule has 0 bridgehead atoms. The molecule has 0 aliphatic heterocycles. The van der Waals surface area contributed by atoms with Crippen LogP contribution >= 0.6 is 0 Å². The van der Waals surface area contributed by atoms with E-state index in [9.17, 15) is 4.79 Å². The van der Waals surface area contributed by atoms with Crippen LogP contribution in [0.15, 0.2) is 0 Å². The summed E-state index contributed by atoms with van der Waals surface area (Å²) in [5.41, 5.74) is -0.266. The second-order valence-electron chi connectivity index (χ2n) is 4.06. The molecule has 0 aliphatic rings. The number of nitrogens with zero attached hydrogens (tertiary/aromatic N) is 1. The average Bonchev–Trinajstić information content (AvgIpc) is 2.03. The molecule has 0 unspecified atom stereocenters. The number of amides is 1. The predicted molar refractivity (Wildman–Crippen MR) is 57.1 cm³/mol. The maximum atomic E-state index is 11.4. The first kappa shape index (κ1) is 13.4. The highest BCUT2D eigenvalue weighted by atomic mass is 16.3. The van der Waals surface area contributed by atoms with Crippen LogP contribution in [0.1, 0.15) is 27.2 Å². The van der Waals surface area contributed by atoms with Gasteiger partial charge in [-0.1, -0.05) is 0 Å². The first-order chi connectivity index (χ1) is 6.45. The fourth-order valence-corrected chi connectivity index (χ4v) is 1.52. The van der Waals surface area contributed by atoms with Gasteiger partial charge in [-0.3, -0.25) is 4.79 Å². The summed E-state index contributed by atoms with van der Waals surface area (Å²) in [6.07, 6.45) is 0.607. The molecule has 4 heteroatoms. The molecule has 0 aromatic rings. The van der Waals surface area contributed by atoms with Gasteiger partial charge in [0.25, 0.3) is 0 Å².